The topological polar surface area (TPSA) is 75.5 Å². The lowest BCUT2D eigenvalue weighted by Gasteiger charge is -2.18. The van der Waals surface area contributed by atoms with Gasteiger partial charge in [-0.3, -0.25) is 19.8 Å². The maximum atomic E-state index is 12.4. The largest absolute Gasteiger partial charge is 0.321 e. The highest BCUT2D eigenvalue weighted by molar-refractivity contribution is 6.04. The molecule has 0 aromatic heterocycles. The van der Waals surface area contributed by atoms with Crippen molar-refractivity contribution in [2.45, 2.75) is 27.3 Å². The van der Waals surface area contributed by atoms with Crippen molar-refractivity contribution in [2.24, 2.45) is 0 Å². The van der Waals surface area contributed by atoms with Gasteiger partial charge in [0, 0.05) is 24.2 Å². The van der Waals surface area contributed by atoms with E-state index in [-0.39, 0.29) is 11.6 Å². The molecule has 0 saturated carbocycles. The third-order valence-electron chi connectivity index (χ3n) is 4.20. The highest BCUT2D eigenvalue weighted by atomic mass is 16.6. The Morgan fingerprint density at radius 1 is 1.12 bits per heavy atom. The van der Waals surface area contributed by atoms with E-state index in [1.54, 1.807) is 25.1 Å². The van der Waals surface area contributed by atoms with E-state index in [0.29, 0.717) is 11.3 Å². The van der Waals surface area contributed by atoms with Gasteiger partial charge in [0.25, 0.3) is 11.6 Å². The molecule has 25 heavy (non-hydrogen) atoms. The fraction of sp³-hybridized carbons (Fsp3) is 0.316. The molecule has 0 spiro atoms. The van der Waals surface area contributed by atoms with Crippen LogP contribution in [0.5, 0.6) is 0 Å². The molecule has 2 aromatic carbocycles. The number of anilines is 1. The highest BCUT2D eigenvalue weighted by Gasteiger charge is 2.12. The first-order valence-electron chi connectivity index (χ1n) is 8.32. The van der Waals surface area contributed by atoms with Crippen molar-refractivity contribution >= 4 is 17.3 Å². The Hall–Kier alpha value is -2.73. The Bertz CT molecular complexity index is 753. The third kappa shape index (κ3) is 4.87. The number of nitro groups is 1. The van der Waals surface area contributed by atoms with Gasteiger partial charge in [-0.15, -0.1) is 0 Å². The van der Waals surface area contributed by atoms with Gasteiger partial charge in [0.05, 0.1) is 10.6 Å². The first kappa shape index (κ1) is 18.6. The lowest BCUT2D eigenvalue weighted by atomic mass is 10.1. The SMILES string of the molecule is CCN(CC)Cc1ccc(C(=O)Nc2cc([N+](=O)[O-])ccc2C)cc1. The Morgan fingerprint density at radius 3 is 2.32 bits per heavy atom. The molecule has 0 fully saturated rings. The monoisotopic (exact) mass is 341 g/mol. The van der Waals surface area contributed by atoms with Gasteiger partial charge in [-0.25, -0.2) is 0 Å². The molecular weight excluding hydrogens is 318 g/mol. The minimum Gasteiger partial charge on any atom is -0.321 e. The summed E-state index contributed by atoms with van der Waals surface area (Å²) in [7, 11) is 0. The molecule has 0 atom stereocenters. The van der Waals surface area contributed by atoms with Crippen molar-refractivity contribution in [1.82, 2.24) is 4.90 Å². The second kappa shape index (κ2) is 8.39. The number of aryl methyl sites for hydroxylation is 1. The van der Waals surface area contributed by atoms with Crippen LogP contribution in [0.2, 0.25) is 0 Å². The Morgan fingerprint density at radius 2 is 1.76 bits per heavy atom. The number of carbonyl (C=O) groups is 1. The number of nitrogens with one attached hydrogen (secondary N) is 1. The first-order chi connectivity index (χ1) is 11.9. The number of hydrogen-bond donors (Lipinski definition) is 1. The van der Waals surface area contributed by atoms with Crippen LogP contribution in [0, 0.1) is 17.0 Å². The standard InChI is InChI=1S/C19H23N3O3/c1-4-21(5-2)13-15-7-9-16(10-8-15)19(23)20-18-12-17(22(24)25)11-6-14(18)3/h6-12H,4-5,13H2,1-3H3,(H,20,23). The van der Waals surface area contributed by atoms with Gasteiger partial charge in [-0.1, -0.05) is 32.0 Å². The van der Waals surface area contributed by atoms with E-state index in [1.807, 2.05) is 12.1 Å². The molecule has 0 saturated heterocycles. The van der Waals surface area contributed by atoms with E-state index in [1.165, 1.54) is 12.1 Å². The van der Waals surface area contributed by atoms with Crippen LogP contribution in [-0.2, 0) is 6.54 Å². The molecule has 0 aliphatic heterocycles. The van der Waals surface area contributed by atoms with Gasteiger partial charge in [0.15, 0.2) is 0 Å². The molecule has 132 valence electrons. The summed E-state index contributed by atoms with van der Waals surface area (Å²) in [6.45, 7) is 8.83. The number of benzene rings is 2. The van der Waals surface area contributed by atoms with Crippen LogP contribution < -0.4 is 5.32 Å². The number of nitrogens with zero attached hydrogens (tertiary/aromatic N) is 2. The second-order valence-electron chi connectivity index (χ2n) is 5.87. The fourth-order valence-electron chi connectivity index (χ4n) is 2.52. The van der Waals surface area contributed by atoms with Gasteiger partial charge >= 0.3 is 0 Å². The molecule has 0 aliphatic carbocycles. The van der Waals surface area contributed by atoms with Crippen molar-refractivity contribution in [1.29, 1.82) is 0 Å². The van der Waals surface area contributed by atoms with Crippen LogP contribution in [0.3, 0.4) is 0 Å². The van der Waals surface area contributed by atoms with Crippen LogP contribution in [0.15, 0.2) is 42.5 Å². The molecule has 0 heterocycles. The molecule has 1 N–H and O–H groups in total. The van der Waals surface area contributed by atoms with Crippen LogP contribution in [-0.4, -0.2) is 28.8 Å². The Labute approximate surface area is 147 Å². The zero-order valence-corrected chi connectivity index (χ0v) is 14.8. The molecule has 2 rings (SSSR count). The minimum absolute atomic E-state index is 0.0459. The van der Waals surface area contributed by atoms with Crippen molar-refractivity contribution < 1.29 is 9.72 Å². The summed E-state index contributed by atoms with van der Waals surface area (Å²) in [5, 5.41) is 13.6. The molecule has 0 aliphatic rings. The van der Waals surface area contributed by atoms with Gasteiger partial charge in [0.1, 0.15) is 0 Å². The lowest BCUT2D eigenvalue weighted by molar-refractivity contribution is -0.384. The van der Waals surface area contributed by atoms with Crippen LogP contribution in [0.25, 0.3) is 0 Å². The lowest BCUT2D eigenvalue weighted by Crippen LogP contribution is -2.22. The van der Waals surface area contributed by atoms with E-state index in [4.69, 9.17) is 0 Å². The number of hydrogen-bond acceptors (Lipinski definition) is 4. The second-order valence-corrected chi connectivity index (χ2v) is 5.87. The zero-order chi connectivity index (χ0) is 18.4. The normalized spacial score (nSPS) is 10.7. The predicted octanol–water partition coefficient (Wildman–Crippen LogP) is 4.00. The van der Waals surface area contributed by atoms with Crippen molar-refractivity contribution in [2.75, 3.05) is 18.4 Å². The van der Waals surface area contributed by atoms with Crippen LogP contribution in [0.1, 0.15) is 35.3 Å². The minimum atomic E-state index is -0.475. The molecule has 0 unspecified atom stereocenters. The fourth-order valence-corrected chi connectivity index (χ4v) is 2.52. The smallest absolute Gasteiger partial charge is 0.271 e. The van der Waals surface area contributed by atoms with Crippen LogP contribution >= 0.6 is 0 Å². The maximum absolute atomic E-state index is 12.4. The number of rotatable bonds is 7. The summed E-state index contributed by atoms with van der Waals surface area (Å²) < 4.78 is 0. The average molecular weight is 341 g/mol. The van der Waals surface area contributed by atoms with E-state index in [0.717, 1.165) is 30.8 Å². The molecule has 1 amide bonds. The Kier molecular flexibility index (Phi) is 6.25. The number of nitro benzene ring substituents is 1. The van der Waals surface area contributed by atoms with E-state index < -0.39 is 4.92 Å². The van der Waals surface area contributed by atoms with Crippen molar-refractivity contribution in [3.63, 3.8) is 0 Å². The summed E-state index contributed by atoms with van der Waals surface area (Å²) in [5.74, 6) is -0.280. The number of carbonyl (C=O) groups excluding carboxylic acids is 1. The molecular formula is C19H23N3O3. The van der Waals surface area contributed by atoms with E-state index >= 15 is 0 Å². The average Bonchev–Trinajstić information content (AvgIpc) is 2.61. The number of non-ortho nitro benzene ring substituents is 1. The Balaban J connectivity index is 2.11. The maximum Gasteiger partial charge on any atom is 0.271 e. The van der Waals surface area contributed by atoms with Crippen molar-refractivity contribution in [3.8, 4) is 0 Å². The quantitative estimate of drug-likeness (QED) is 0.610. The summed E-state index contributed by atoms with van der Waals surface area (Å²) in [6.07, 6.45) is 0. The molecule has 0 radical (unpaired) electrons. The summed E-state index contributed by atoms with van der Waals surface area (Å²) in [4.78, 5) is 25.1. The molecule has 0 bridgehead atoms. The van der Waals surface area contributed by atoms with E-state index in [2.05, 4.69) is 24.1 Å². The molecule has 2 aromatic rings. The molecule has 6 heteroatoms. The number of amides is 1. The van der Waals surface area contributed by atoms with Crippen LogP contribution in [0.4, 0.5) is 11.4 Å². The summed E-state index contributed by atoms with van der Waals surface area (Å²) in [6, 6.07) is 11.9. The van der Waals surface area contributed by atoms with Gasteiger partial charge in [-0.05, 0) is 43.3 Å². The first-order valence-corrected chi connectivity index (χ1v) is 8.32. The van der Waals surface area contributed by atoms with E-state index in [9.17, 15) is 14.9 Å². The molecule has 6 nitrogen and oxygen atoms in total. The van der Waals surface area contributed by atoms with Gasteiger partial charge in [0.2, 0.25) is 0 Å². The van der Waals surface area contributed by atoms with Gasteiger partial charge in [-0.2, -0.15) is 0 Å². The highest BCUT2D eigenvalue weighted by Crippen LogP contribution is 2.22. The third-order valence-corrected chi connectivity index (χ3v) is 4.20. The van der Waals surface area contributed by atoms with Gasteiger partial charge < -0.3 is 5.32 Å². The summed E-state index contributed by atoms with van der Waals surface area (Å²) in [5.41, 5.74) is 2.85. The zero-order valence-electron chi connectivity index (χ0n) is 14.8. The summed E-state index contributed by atoms with van der Waals surface area (Å²) >= 11 is 0. The van der Waals surface area contributed by atoms with Crippen molar-refractivity contribution in [3.05, 3.63) is 69.3 Å². The predicted molar refractivity (Wildman–Crippen MR) is 98.9 cm³/mol.